The number of nitrogens with one attached hydrogen (secondary N) is 1. The zero-order chi connectivity index (χ0) is 12.8. The third-order valence-corrected chi connectivity index (χ3v) is 2.26. The molecule has 0 aliphatic carbocycles. The van der Waals surface area contributed by atoms with Gasteiger partial charge in [0.05, 0.1) is 4.92 Å². The van der Waals surface area contributed by atoms with Crippen LogP contribution in [-0.2, 0) is 4.79 Å². The van der Waals surface area contributed by atoms with Gasteiger partial charge < -0.3 is 10.4 Å². The summed E-state index contributed by atoms with van der Waals surface area (Å²) in [6.45, 7) is 2.46. The van der Waals surface area contributed by atoms with Crippen molar-refractivity contribution in [3.63, 3.8) is 0 Å². The number of carboxylic acids is 1. The van der Waals surface area contributed by atoms with Gasteiger partial charge >= 0.3 is 5.97 Å². The van der Waals surface area contributed by atoms with E-state index in [9.17, 15) is 14.9 Å². The summed E-state index contributed by atoms with van der Waals surface area (Å²) < 4.78 is 0. The molecule has 0 aromatic heterocycles. The van der Waals surface area contributed by atoms with Gasteiger partial charge in [-0.05, 0) is 18.5 Å². The third-order valence-electron chi connectivity index (χ3n) is 2.26. The Balaban J connectivity index is 2.97. The fourth-order valence-corrected chi connectivity index (χ4v) is 1.45. The number of aliphatic carboxylic acids is 1. The van der Waals surface area contributed by atoms with Crippen molar-refractivity contribution < 1.29 is 14.8 Å². The Kier molecular flexibility index (Phi) is 4.59. The number of non-ortho nitro benzene ring substituents is 1. The van der Waals surface area contributed by atoms with Crippen molar-refractivity contribution in [2.45, 2.75) is 19.4 Å². The molecule has 0 amide bonds. The Hall–Kier alpha value is -1.95. The summed E-state index contributed by atoms with van der Waals surface area (Å²) in [6.07, 6.45) is 0.790. The summed E-state index contributed by atoms with van der Waals surface area (Å²) in [5.41, 5.74) is 0.284. The molecular formula is C11H14N2O4. The first kappa shape index (κ1) is 13.1. The number of carbonyl (C=O) groups is 1. The Morgan fingerprint density at radius 2 is 2.29 bits per heavy atom. The van der Waals surface area contributed by atoms with Crippen LogP contribution >= 0.6 is 0 Å². The molecule has 0 radical (unpaired) electrons. The van der Waals surface area contributed by atoms with E-state index in [0.29, 0.717) is 12.1 Å². The van der Waals surface area contributed by atoms with Crippen molar-refractivity contribution in [1.82, 2.24) is 5.32 Å². The lowest BCUT2D eigenvalue weighted by molar-refractivity contribution is -0.384. The predicted octanol–water partition coefficient (Wildman–Crippen LogP) is 1.72. The number of carboxylic acid groups (broad SMARTS) is 1. The summed E-state index contributed by atoms with van der Waals surface area (Å²) in [7, 11) is 0. The van der Waals surface area contributed by atoms with Crippen LogP contribution in [0.25, 0.3) is 0 Å². The van der Waals surface area contributed by atoms with Gasteiger partial charge in [-0.15, -0.1) is 0 Å². The highest BCUT2D eigenvalue weighted by Gasteiger charge is 2.20. The Labute approximate surface area is 98.4 Å². The van der Waals surface area contributed by atoms with Crippen molar-refractivity contribution in [3.8, 4) is 0 Å². The zero-order valence-corrected chi connectivity index (χ0v) is 9.42. The predicted molar refractivity (Wildman–Crippen MR) is 61.8 cm³/mol. The van der Waals surface area contributed by atoms with Crippen LogP contribution in [-0.4, -0.2) is 22.5 Å². The maximum Gasteiger partial charge on any atom is 0.325 e. The lowest BCUT2D eigenvalue weighted by Gasteiger charge is -2.13. The van der Waals surface area contributed by atoms with Crippen molar-refractivity contribution in [2.24, 2.45) is 0 Å². The third kappa shape index (κ3) is 3.53. The van der Waals surface area contributed by atoms with Gasteiger partial charge in [0.15, 0.2) is 0 Å². The van der Waals surface area contributed by atoms with Crippen LogP contribution < -0.4 is 5.32 Å². The first-order valence-electron chi connectivity index (χ1n) is 5.26. The summed E-state index contributed by atoms with van der Waals surface area (Å²) >= 11 is 0. The van der Waals surface area contributed by atoms with Crippen LogP contribution in [0.1, 0.15) is 24.9 Å². The van der Waals surface area contributed by atoms with Gasteiger partial charge in [0, 0.05) is 12.1 Å². The monoisotopic (exact) mass is 238 g/mol. The standard InChI is InChI=1S/C11H14N2O4/c1-2-6-12-10(11(14)15)8-4-3-5-9(7-8)13(16)17/h3-5,7,10,12H,2,6H2,1H3,(H,14,15). The molecule has 1 rings (SSSR count). The maximum absolute atomic E-state index is 11.1. The van der Waals surface area contributed by atoms with Crippen LogP contribution in [0.5, 0.6) is 0 Å². The summed E-state index contributed by atoms with van der Waals surface area (Å²) in [4.78, 5) is 21.1. The van der Waals surface area contributed by atoms with E-state index in [1.54, 1.807) is 6.07 Å². The minimum atomic E-state index is -1.04. The van der Waals surface area contributed by atoms with Crippen LogP contribution in [0.2, 0.25) is 0 Å². The second-order valence-corrected chi connectivity index (χ2v) is 3.58. The van der Waals surface area contributed by atoms with E-state index < -0.39 is 16.9 Å². The Morgan fingerprint density at radius 1 is 1.59 bits per heavy atom. The van der Waals surface area contributed by atoms with Crippen LogP contribution in [0, 0.1) is 10.1 Å². The summed E-state index contributed by atoms with van der Waals surface area (Å²) in [5, 5.41) is 22.5. The van der Waals surface area contributed by atoms with E-state index in [1.165, 1.54) is 18.2 Å². The highest BCUT2D eigenvalue weighted by molar-refractivity contribution is 5.75. The minimum absolute atomic E-state index is 0.105. The molecule has 0 fully saturated rings. The molecule has 92 valence electrons. The van der Waals surface area contributed by atoms with Gasteiger partial charge in [0.1, 0.15) is 6.04 Å². The van der Waals surface area contributed by atoms with Crippen LogP contribution in [0.3, 0.4) is 0 Å². The lowest BCUT2D eigenvalue weighted by Crippen LogP contribution is -2.29. The molecule has 1 unspecified atom stereocenters. The maximum atomic E-state index is 11.1. The number of hydrogen-bond donors (Lipinski definition) is 2. The summed E-state index contributed by atoms with van der Waals surface area (Å²) in [5.74, 6) is -1.04. The van der Waals surface area contributed by atoms with E-state index in [0.717, 1.165) is 6.42 Å². The zero-order valence-electron chi connectivity index (χ0n) is 9.42. The van der Waals surface area contributed by atoms with Crippen LogP contribution in [0.4, 0.5) is 5.69 Å². The summed E-state index contributed by atoms with van der Waals surface area (Å²) in [6, 6.07) is 4.75. The van der Waals surface area contributed by atoms with E-state index >= 15 is 0 Å². The van der Waals surface area contributed by atoms with Crippen molar-refractivity contribution in [1.29, 1.82) is 0 Å². The average molecular weight is 238 g/mol. The molecule has 0 bridgehead atoms. The fourth-order valence-electron chi connectivity index (χ4n) is 1.45. The first-order valence-corrected chi connectivity index (χ1v) is 5.26. The van der Waals surface area contributed by atoms with Gasteiger partial charge in [0.25, 0.3) is 5.69 Å². The first-order chi connectivity index (χ1) is 8.06. The molecule has 0 aliphatic heterocycles. The van der Waals surface area contributed by atoms with E-state index in [1.807, 2.05) is 6.92 Å². The molecule has 17 heavy (non-hydrogen) atoms. The van der Waals surface area contributed by atoms with Gasteiger partial charge in [-0.1, -0.05) is 19.1 Å². The molecular weight excluding hydrogens is 224 g/mol. The Bertz CT molecular complexity index is 420. The van der Waals surface area contributed by atoms with Crippen molar-refractivity contribution in [2.75, 3.05) is 6.54 Å². The molecule has 0 saturated heterocycles. The molecule has 1 atom stereocenters. The average Bonchev–Trinajstić information content (AvgIpc) is 2.29. The number of hydrogen-bond acceptors (Lipinski definition) is 4. The highest BCUT2D eigenvalue weighted by Crippen LogP contribution is 2.19. The molecule has 0 heterocycles. The van der Waals surface area contributed by atoms with Gasteiger partial charge in [-0.25, -0.2) is 0 Å². The van der Waals surface area contributed by atoms with E-state index in [-0.39, 0.29) is 5.69 Å². The topological polar surface area (TPSA) is 92.5 Å². The minimum Gasteiger partial charge on any atom is -0.480 e. The number of nitrogens with zero attached hydrogens (tertiary/aromatic N) is 1. The molecule has 1 aromatic rings. The molecule has 0 saturated carbocycles. The molecule has 6 heteroatoms. The highest BCUT2D eigenvalue weighted by atomic mass is 16.6. The van der Waals surface area contributed by atoms with Gasteiger partial charge in [-0.2, -0.15) is 0 Å². The van der Waals surface area contributed by atoms with E-state index in [4.69, 9.17) is 5.11 Å². The fraction of sp³-hybridized carbons (Fsp3) is 0.364. The van der Waals surface area contributed by atoms with Crippen LogP contribution in [0.15, 0.2) is 24.3 Å². The molecule has 6 nitrogen and oxygen atoms in total. The second-order valence-electron chi connectivity index (χ2n) is 3.58. The smallest absolute Gasteiger partial charge is 0.325 e. The van der Waals surface area contributed by atoms with Crippen molar-refractivity contribution in [3.05, 3.63) is 39.9 Å². The normalized spacial score (nSPS) is 12.1. The van der Waals surface area contributed by atoms with Gasteiger partial charge in [0.2, 0.25) is 0 Å². The van der Waals surface area contributed by atoms with Crippen molar-refractivity contribution >= 4 is 11.7 Å². The quantitative estimate of drug-likeness (QED) is 0.581. The van der Waals surface area contributed by atoms with E-state index in [2.05, 4.69) is 5.32 Å². The SMILES string of the molecule is CCCNC(C(=O)O)c1cccc([N+](=O)[O-])c1. The molecule has 1 aromatic carbocycles. The molecule has 2 N–H and O–H groups in total. The number of rotatable bonds is 6. The second kappa shape index (κ2) is 5.95. The largest absolute Gasteiger partial charge is 0.480 e. The lowest BCUT2D eigenvalue weighted by atomic mass is 10.1. The molecule has 0 spiro atoms. The number of benzene rings is 1. The number of nitro benzene ring substituents is 1. The Morgan fingerprint density at radius 3 is 2.82 bits per heavy atom. The van der Waals surface area contributed by atoms with Gasteiger partial charge in [-0.3, -0.25) is 14.9 Å². The molecule has 0 aliphatic rings. The number of nitro groups is 1.